The summed E-state index contributed by atoms with van der Waals surface area (Å²) in [5.41, 5.74) is 6.92. The second-order valence-corrected chi connectivity index (χ2v) is 5.76. The molecule has 0 aromatic carbocycles. The first kappa shape index (κ1) is 14.9. The maximum absolute atomic E-state index is 12.0. The summed E-state index contributed by atoms with van der Waals surface area (Å²) < 4.78 is 1.76. The molecule has 1 aromatic rings. The van der Waals surface area contributed by atoms with Crippen LogP contribution >= 0.6 is 0 Å². The highest BCUT2D eigenvalue weighted by molar-refractivity contribution is 5.93. The van der Waals surface area contributed by atoms with Crippen LogP contribution in [0.4, 0.5) is 5.69 Å². The van der Waals surface area contributed by atoms with E-state index in [0.29, 0.717) is 24.0 Å². The van der Waals surface area contributed by atoms with Crippen LogP contribution in [-0.2, 0) is 7.05 Å². The Labute approximate surface area is 121 Å². The highest BCUT2D eigenvalue weighted by Gasteiger charge is 2.17. The van der Waals surface area contributed by atoms with Gasteiger partial charge in [0.15, 0.2) is 0 Å². The number of amides is 1. The molecule has 2 rings (SSSR count). The van der Waals surface area contributed by atoms with Crippen molar-refractivity contribution in [2.45, 2.75) is 38.6 Å². The zero-order valence-corrected chi connectivity index (χ0v) is 12.6. The number of aromatic nitrogens is 1. The minimum absolute atomic E-state index is 0.0455. The molecule has 20 heavy (non-hydrogen) atoms. The lowest BCUT2D eigenvalue weighted by atomic mass is 10.0. The summed E-state index contributed by atoms with van der Waals surface area (Å²) in [6.07, 6.45) is 6.71. The van der Waals surface area contributed by atoms with Gasteiger partial charge in [0.2, 0.25) is 0 Å². The predicted octanol–water partition coefficient (Wildman–Crippen LogP) is 1.60. The second kappa shape index (κ2) is 6.79. The lowest BCUT2D eigenvalue weighted by Crippen LogP contribution is -2.39. The predicted molar refractivity (Wildman–Crippen MR) is 81.7 cm³/mol. The monoisotopic (exact) mass is 278 g/mol. The largest absolute Gasteiger partial charge is 0.397 e. The fourth-order valence-electron chi connectivity index (χ4n) is 2.88. The number of carbonyl (C=O) groups excluding carboxylic acids is 1. The van der Waals surface area contributed by atoms with E-state index in [1.54, 1.807) is 16.8 Å². The van der Waals surface area contributed by atoms with Gasteiger partial charge < -0.3 is 20.5 Å². The standard InChI is InChI=1S/C15H26N4O/c1-12-6-3-4-8-19(12)9-5-7-17-15(20)14-10-13(16)11-18(14)2/h10-12H,3-9,16H2,1-2H3,(H,17,20). The van der Waals surface area contributed by atoms with Crippen LogP contribution in [0.15, 0.2) is 12.3 Å². The Hall–Kier alpha value is -1.49. The van der Waals surface area contributed by atoms with Crippen LogP contribution in [0.2, 0.25) is 0 Å². The van der Waals surface area contributed by atoms with Gasteiger partial charge in [0.1, 0.15) is 5.69 Å². The molecule has 2 heterocycles. The van der Waals surface area contributed by atoms with E-state index in [2.05, 4.69) is 17.1 Å². The summed E-state index contributed by atoms with van der Waals surface area (Å²) in [6.45, 7) is 5.28. The van der Waals surface area contributed by atoms with Crippen molar-refractivity contribution in [2.75, 3.05) is 25.4 Å². The molecule has 5 nitrogen and oxygen atoms in total. The van der Waals surface area contributed by atoms with Crippen molar-refractivity contribution in [3.63, 3.8) is 0 Å². The Morgan fingerprint density at radius 2 is 2.30 bits per heavy atom. The van der Waals surface area contributed by atoms with E-state index in [-0.39, 0.29) is 5.91 Å². The average molecular weight is 278 g/mol. The lowest BCUT2D eigenvalue weighted by Gasteiger charge is -2.33. The second-order valence-electron chi connectivity index (χ2n) is 5.76. The smallest absolute Gasteiger partial charge is 0.267 e. The van der Waals surface area contributed by atoms with Crippen LogP contribution in [0.25, 0.3) is 0 Å². The summed E-state index contributed by atoms with van der Waals surface area (Å²) in [5.74, 6) is -0.0455. The first-order chi connectivity index (χ1) is 9.58. The number of nitrogens with one attached hydrogen (secondary N) is 1. The van der Waals surface area contributed by atoms with Crippen molar-refractivity contribution in [1.82, 2.24) is 14.8 Å². The summed E-state index contributed by atoms with van der Waals surface area (Å²) in [4.78, 5) is 14.5. The summed E-state index contributed by atoms with van der Waals surface area (Å²) in [6, 6.07) is 2.40. The number of hydrogen-bond donors (Lipinski definition) is 2. The minimum Gasteiger partial charge on any atom is -0.397 e. The van der Waals surface area contributed by atoms with Gasteiger partial charge in [-0.05, 0) is 38.8 Å². The Kier molecular flexibility index (Phi) is 5.06. The Morgan fingerprint density at radius 3 is 2.95 bits per heavy atom. The molecule has 5 heteroatoms. The molecule has 1 aliphatic rings. The summed E-state index contributed by atoms with van der Waals surface area (Å²) in [5, 5.41) is 2.97. The number of nitrogen functional groups attached to an aromatic ring is 1. The number of aryl methyl sites for hydroxylation is 1. The molecule has 1 saturated heterocycles. The van der Waals surface area contributed by atoms with Crippen molar-refractivity contribution in [2.24, 2.45) is 7.05 Å². The minimum atomic E-state index is -0.0455. The van der Waals surface area contributed by atoms with E-state index in [1.807, 2.05) is 7.05 Å². The number of rotatable bonds is 5. The molecule has 0 spiro atoms. The van der Waals surface area contributed by atoms with Crippen molar-refractivity contribution < 1.29 is 4.79 Å². The molecular weight excluding hydrogens is 252 g/mol. The number of nitrogens with two attached hydrogens (primary N) is 1. The molecule has 3 N–H and O–H groups in total. The maximum atomic E-state index is 12.0. The SMILES string of the molecule is CC1CCCCN1CCCNC(=O)c1cc(N)cn1C. The van der Waals surface area contributed by atoms with E-state index < -0.39 is 0 Å². The molecule has 112 valence electrons. The summed E-state index contributed by atoms with van der Waals surface area (Å²) in [7, 11) is 1.83. The van der Waals surface area contributed by atoms with Crippen LogP contribution in [-0.4, -0.2) is 41.1 Å². The maximum Gasteiger partial charge on any atom is 0.267 e. The molecule has 0 aliphatic carbocycles. The Balaban J connectivity index is 1.70. The van der Waals surface area contributed by atoms with E-state index >= 15 is 0 Å². The number of nitrogens with zero attached hydrogens (tertiary/aromatic N) is 2. The zero-order valence-electron chi connectivity index (χ0n) is 12.6. The van der Waals surface area contributed by atoms with E-state index in [1.165, 1.54) is 25.8 Å². The van der Waals surface area contributed by atoms with Crippen molar-refractivity contribution in [3.8, 4) is 0 Å². The molecule has 0 saturated carbocycles. The van der Waals surface area contributed by atoms with E-state index in [4.69, 9.17) is 5.73 Å². The van der Waals surface area contributed by atoms with Crippen molar-refractivity contribution >= 4 is 11.6 Å². The van der Waals surface area contributed by atoms with Crippen LogP contribution < -0.4 is 11.1 Å². The van der Waals surface area contributed by atoms with Crippen molar-refractivity contribution in [1.29, 1.82) is 0 Å². The number of hydrogen-bond acceptors (Lipinski definition) is 3. The molecule has 1 fully saturated rings. The van der Waals surface area contributed by atoms with E-state index in [0.717, 1.165) is 13.0 Å². The van der Waals surface area contributed by atoms with Crippen LogP contribution in [0.3, 0.4) is 0 Å². The number of likely N-dealkylation sites (tertiary alicyclic amines) is 1. The average Bonchev–Trinajstić information content (AvgIpc) is 2.75. The molecule has 1 unspecified atom stereocenters. The molecule has 0 bridgehead atoms. The highest BCUT2D eigenvalue weighted by Crippen LogP contribution is 2.16. The Bertz CT molecular complexity index is 455. The molecule has 1 aliphatic heterocycles. The van der Waals surface area contributed by atoms with Gasteiger partial charge in [-0.15, -0.1) is 0 Å². The van der Waals surface area contributed by atoms with Gasteiger partial charge >= 0.3 is 0 Å². The molecule has 0 radical (unpaired) electrons. The van der Waals surface area contributed by atoms with Crippen molar-refractivity contribution in [3.05, 3.63) is 18.0 Å². The third kappa shape index (κ3) is 3.76. The fraction of sp³-hybridized carbons (Fsp3) is 0.667. The van der Waals surface area contributed by atoms with Gasteiger partial charge in [0.25, 0.3) is 5.91 Å². The van der Waals surface area contributed by atoms with Gasteiger partial charge in [-0.2, -0.15) is 0 Å². The molecule has 1 aromatic heterocycles. The highest BCUT2D eigenvalue weighted by atomic mass is 16.1. The fourth-order valence-corrected chi connectivity index (χ4v) is 2.88. The first-order valence-electron chi connectivity index (χ1n) is 7.52. The van der Waals surface area contributed by atoms with E-state index in [9.17, 15) is 4.79 Å². The number of carbonyl (C=O) groups is 1. The Morgan fingerprint density at radius 1 is 1.50 bits per heavy atom. The number of anilines is 1. The van der Waals surface area contributed by atoms with Crippen LogP contribution in [0.5, 0.6) is 0 Å². The topological polar surface area (TPSA) is 63.3 Å². The summed E-state index contributed by atoms with van der Waals surface area (Å²) >= 11 is 0. The first-order valence-corrected chi connectivity index (χ1v) is 7.52. The number of piperidine rings is 1. The van der Waals surface area contributed by atoms with Gasteiger partial charge in [0.05, 0.1) is 5.69 Å². The molecule has 1 atom stereocenters. The molecule has 1 amide bonds. The third-order valence-electron chi connectivity index (χ3n) is 4.11. The normalized spacial score (nSPS) is 20.0. The zero-order chi connectivity index (χ0) is 14.5. The molecular formula is C15H26N4O. The van der Waals surface area contributed by atoms with Gasteiger partial charge in [-0.1, -0.05) is 6.42 Å². The lowest BCUT2D eigenvalue weighted by molar-refractivity contribution is 0.0941. The van der Waals surface area contributed by atoms with Gasteiger partial charge in [-0.25, -0.2) is 0 Å². The van der Waals surface area contributed by atoms with Crippen LogP contribution in [0, 0.1) is 0 Å². The van der Waals surface area contributed by atoms with Gasteiger partial charge in [0, 0.05) is 32.4 Å². The van der Waals surface area contributed by atoms with Gasteiger partial charge in [-0.3, -0.25) is 4.79 Å². The third-order valence-corrected chi connectivity index (χ3v) is 4.11. The van der Waals surface area contributed by atoms with Crippen LogP contribution in [0.1, 0.15) is 43.1 Å². The quantitative estimate of drug-likeness (QED) is 0.804.